The molecule has 8 heteroatoms. The molecule has 1 atom stereocenters. The third kappa shape index (κ3) is 6.95. The molecular formula is C22H30N3O5. The second-order valence-electron chi connectivity index (χ2n) is 8.12. The summed E-state index contributed by atoms with van der Waals surface area (Å²) in [5.41, 5.74) is 0.879. The number of amidine groups is 1. The molecule has 0 spiro atoms. The average Bonchev–Trinajstić information content (AvgIpc) is 2.72. The highest BCUT2D eigenvalue weighted by Gasteiger charge is 2.27. The quantitative estimate of drug-likeness (QED) is 0.403. The monoisotopic (exact) mass is 416 g/mol. The van der Waals surface area contributed by atoms with Gasteiger partial charge in [-0.05, 0) is 18.8 Å². The molecule has 8 nitrogen and oxygen atoms in total. The number of carbonyl (C=O) groups is 3. The Morgan fingerprint density at radius 2 is 1.67 bits per heavy atom. The maximum absolute atomic E-state index is 12.5. The van der Waals surface area contributed by atoms with Crippen molar-refractivity contribution in [1.29, 1.82) is 5.41 Å². The molecule has 2 rings (SSSR count). The lowest BCUT2D eigenvalue weighted by Crippen LogP contribution is -2.42. The number of rotatable bonds is 7. The van der Waals surface area contributed by atoms with Crippen molar-refractivity contribution in [3.8, 4) is 0 Å². The van der Waals surface area contributed by atoms with Gasteiger partial charge in [-0.1, -0.05) is 45.0 Å². The molecule has 1 radical (unpaired) electrons. The van der Waals surface area contributed by atoms with Crippen molar-refractivity contribution in [2.24, 2.45) is 11.8 Å². The summed E-state index contributed by atoms with van der Waals surface area (Å²) in [6.45, 7) is 6.72. The SMILES string of the molecule is CC(C)COC(=O)NC(=N)c1ccc(C(=O)CC(C)C(=O)N2CCC([O])CC2)cc1. The Labute approximate surface area is 177 Å². The third-order valence-electron chi connectivity index (χ3n) is 4.94. The Morgan fingerprint density at radius 1 is 1.10 bits per heavy atom. The Balaban J connectivity index is 1.87. The van der Waals surface area contributed by atoms with E-state index >= 15 is 0 Å². The van der Waals surface area contributed by atoms with Crippen LogP contribution in [0.15, 0.2) is 24.3 Å². The zero-order valence-electron chi connectivity index (χ0n) is 17.8. The van der Waals surface area contributed by atoms with E-state index < -0.39 is 18.1 Å². The first-order valence-corrected chi connectivity index (χ1v) is 10.3. The number of nitrogens with zero attached hydrogens (tertiary/aromatic N) is 1. The van der Waals surface area contributed by atoms with Crippen molar-refractivity contribution in [1.82, 2.24) is 10.2 Å². The lowest BCUT2D eigenvalue weighted by molar-refractivity contribution is -0.137. The van der Waals surface area contributed by atoms with Gasteiger partial charge in [-0.25, -0.2) is 9.90 Å². The van der Waals surface area contributed by atoms with E-state index in [9.17, 15) is 19.5 Å². The van der Waals surface area contributed by atoms with Gasteiger partial charge in [-0.2, -0.15) is 0 Å². The van der Waals surface area contributed by atoms with E-state index in [1.807, 2.05) is 13.8 Å². The average molecular weight is 416 g/mol. The van der Waals surface area contributed by atoms with E-state index in [-0.39, 0.29) is 36.5 Å². The second-order valence-corrected chi connectivity index (χ2v) is 8.12. The Morgan fingerprint density at radius 3 is 2.23 bits per heavy atom. The molecule has 1 aromatic rings. The molecule has 2 amide bonds. The molecule has 1 aromatic carbocycles. The minimum Gasteiger partial charge on any atom is -0.449 e. The fourth-order valence-corrected chi connectivity index (χ4v) is 3.15. The topological polar surface area (TPSA) is 119 Å². The normalized spacial score (nSPS) is 15.6. The van der Waals surface area contributed by atoms with Crippen LogP contribution in [0.3, 0.4) is 0 Å². The number of ketones is 1. The second kappa shape index (κ2) is 10.9. The highest BCUT2D eigenvalue weighted by molar-refractivity contribution is 6.05. The molecule has 2 N–H and O–H groups in total. The fraction of sp³-hybridized carbons (Fsp3) is 0.545. The molecule has 0 bridgehead atoms. The van der Waals surface area contributed by atoms with Crippen LogP contribution in [0.1, 0.15) is 56.0 Å². The number of ether oxygens (including phenoxy) is 1. The van der Waals surface area contributed by atoms with Crippen molar-refractivity contribution in [3.63, 3.8) is 0 Å². The smallest absolute Gasteiger partial charge is 0.412 e. The third-order valence-corrected chi connectivity index (χ3v) is 4.94. The Hall–Kier alpha value is -2.74. The number of nitrogens with one attached hydrogen (secondary N) is 2. The number of Topliss-reactive ketones (excluding diaryl/α,β-unsaturated/α-hetero) is 1. The van der Waals surface area contributed by atoms with Crippen molar-refractivity contribution >= 4 is 23.6 Å². The van der Waals surface area contributed by atoms with Crippen LogP contribution in [-0.2, 0) is 14.6 Å². The van der Waals surface area contributed by atoms with Gasteiger partial charge in [0.25, 0.3) is 0 Å². The van der Waals surface area contributed by atoms with Crippen LogP contribution in [0.4, 0.5) is 4.79 Å². The predicted octanol–water partition coefficient (Wildman–Crippen LogP) is 3.02. The fourth-order valence-electron chi connectivity index (χ4n) is 3.15. The molecule has 0 aliphatic carbocycles. The first-order chi connectivity index (χ1) is 14.2. The van der Waals surface area contributed by atoms with Gasteiger partial charge >= 0.3 is 6.09 Å². The van der Waals surface area contributed by atoms with Crippen LogP contribution in [0.5, 0.6) is 0 Å². The molecule has 1 heterocycles. The predicted molar refractivity (Wildman–Crippen MR) is 111 cm³/mol. The van der Waals surface area contributed by atoms with Crippen molar-refractivity contribution in [2.75, 3.05) is 19.7 Å². The van der Waals surface area contributed by atoms with Crippen molar-refractivity contribution in [3.05, 3.63) is 35.4 Å². The first-order valence-electron chi connectivity index (χ1n) is 10.3. The number of likely N-dealkylation sites (tertiary alicyclic amines) is 1. The van der Waals surface area contributed by atoms with E-state index in [0.29, 0.717) is 37.1 Å². The zero-order chi connectivity index (χ0) is 22.3. The molecule has 1 fully saturated rings. The first kappa shape index (κ1) is 23.5. The van der Waals surface area contributed by atoms with E-state index in [2.05, 4.69) is 5.32 Å². The Bertz CT molecular complexity index is 767. The number of benzene rings is 1. The summed E-state index contributed by atoms with van der Waals surface area (Å²) in [4.78, 5) is 38.4. The van der Waals surface area contributed by atoms with E-state index in [0.717, 1.165) is 0 Å². The summed E-state index contributed by atoms with van der Waals surface area (Å²) in [7, 11) is 0. The summed E-state index contributed by atoms with van der Waals surface area (Å²) in [6, 6.07) is 6.30. The molecule has 1 unspecified atom stereocenters. The minimum atomic E-state index is -0.692. The highest BCUT2D eigenvalue weighted by atomic mass is 16.5. The summed E-state index contributed by atoms with van der Waals surface area (Å²) in [5, 5.41) is 21.7. The molecule has 0 saturated carbocycles. The van der Waals surface area contributed by atoms with Crippen molar-refractivity contribution < 1.29 is 24.2 Å². The van der Waals surface area contributed by atoms with Gasteiger partial charge in [0, 0.05) is 36.6 Å². The van der Waals surface area contributed by atoms with Crippen LogP contribution >= 0.6 is 0 Å². The Kier molecular flexibility index (Phi) is 8.53. The van der Waals surface area contributed by atoms with Crippen molar-refractivity contribution in [2.45, 2.75) is 46.1 Å². The molecule has 1 aliphatic heterocycles. The maximum atomic E-state index is 12.5. The lowest BCUT2D eigenvalue weighted by atomic mass is 9.96. The minimum absolute atomic E-state index is 0.0761. The molecular weight excluding hydrogens is 386 g/mol. The molecule has 1 aliphatic rings. The van der Waals surface area contributed by atoms with Crippen LogP contribution in [0.25, 0.3) is 0 Å². The largest absolute Gasteiger partial charge is 0.449 e. The zero-order valence-corrected chi connectivity index (χ0v) is 17.8. The van der Waals surface area contributed by atoms with Crippen LogP contribution in [0.2, 0.25) is 0 Å². The summed E-state index contributed by atoms with van der Waals surface area (Å²) < 4.78 is 4.98. The van der Waals surface area contributed by atoms with Gasteiger partial charge in [-0.3, -0.25) is 20.3 Å². The standard InChI is InChI=1S/C22H30N3O5/c1-14(2)13-30-22(29)24-20(23)17-6-4-16(5-7-17)19(27)12-15(3)21(28)25-10-8-18(26)9-11-25/h4-7,14-15,18H,8-13H2,1-3H3,(H2,23,24,29). The van der Waals surface area contributed by atoms with Gasteiger partial charge in [-0.15, -0.1) is 0 Å². The molecule has 163 valence electrons. The highest BCUT2D eigenvalue weighted by Crippen LogP contribution is 2.17. The molecule has 30 heavy (non-hydrogen) atoms. The van der Waals surface area contributed by atoms with Gasteiger partial charge in [0.2, 0.25) is 5.91 Å². The van der Waals surface area contributed by atoms with Crippen LogP contribution in [0, 0.1) is 17.2 Å². The van der Waals surface area contributed by atoms with E-state index in [1.54, 1.807) is 36.1 Å². The number of amides is 2. The summed E-state index contributed by atoms with van der Waals surface area (Å²) in [6.07, 6.45) is -0.304. The van der Waals surface area contributed by atoms with E-state index in [1.165, 1.54) is 0 Å². The van der Waals surface area contributed by atoms with E-state index in [4.69, 9.17) is 10.1 Å². The number of carbonyl (C=O) groups excluding carboxylic acids is 3. The summed E-state index contributed by atoms with van der Waals surface area (Å²) >= 11 is 0. The van der Waals surface area contributed by atoms with Gasteiger partial charge in [0.1, 0.15) is 5.84 Å². The number of piperidine rings is 1. The van der Waals surface area contributed by atoms with Gasteiger partial charge < -0.3 is 9.64 Å². The van der Waals surface area contributed by atoms with Crippen LogP contribution < -0.4 is 5.32 Å². The van der Waals surface area contributed by atoms with Gasteiger partial charge in [0.05, 0.1) is 12.7 Å². The molecule has 1 saturated heterocycles. The van der Waals surface area contributed by atoms with Crippen LogP contribution in [-0.4, -0.2) is 54.3 Å². The summed E-state index contributed by atoms with van der Waals surface area (Å²) in [5.74, 6) is -0.651. The number of hydrogen-bond acceptors (Lipinski definition) is 5. The van der Waals surface area contributed by atoms with Gasteiger partial charge in [0.15, 0.2) is 5.78 Å². The molecule has 0 aromatic heterocycles. The number of hydrogen-bond donors (Lipinski definition) is 2. The lowest BCUT2D eigenvalue weighted by Gasteiger charge is -2.30. The maximum Gasteiger partial charge on any atom is 0.412 e. The number of alkyl carbamates (subject to hydrolysis) is 1.